The molecule has 2 N–H and O–H groups in total. The molecule has 2 atom stereocenters. The highest BCUT2D eigenvalue weighted by Crippen LogP contribution is 2.39. The Morgan fingerprint density at radius 2 is 2.33 bits per heavy atom. The fourth-order valence-corrected chi connectivity index (χ4v) is 2.31. The van der Waals surface area contributed by atoms with Crippen LogP contribution >= 0.6 is 0 Å². The van der Waals surface area contributed by atoms with Crippen LogP contribution in [0.25, 0.3) is 0 Å². The molecule has 2 nitrogen and oxygen atoms in total. The van der Waals surface area contributed by atoms with E-state index in [1.165, 1.54) is 6.07 Å². The largest absolute Gasteiger partial charge is 0.374 e. The number of nitrogens with two attached hydrogens (primary N) is 1. The first-order valence-electron chi connectivity index (χ1n) is 5.34. The van der Waals surface area contributed by atoms with Crippen molar-refractivity contribution in [3.63, 3.8) is 0 Å². The number of anilines is 1. The number of nitrogens with zero attached hydrogens (tertiary/aromatic N) is 1. The maximum absolute atomic E-state index is 13.2. The molecular formula is C12H17FN2. The highest BCUT2D eigenvalue weighted by molar-refractivity contribution is 5.59. The molecule has 1 heterocycles. The molecule has 0 spiro atoms. The quantitative estimate of drug-likeness (QED) is 0.805. The summed E-state index contributed by atoms with van der Waals surface area (Å²) in [6.07, 6.45) is 0. The molecule has 0 aromatic heterocycles. The first kappa shape index (κ1) is 10.4. The van der Waals surface area contributed by atoms with Gasteiger partial charge in [0.05, 0.1) is 0 Å². The summed E-state index contributed by atoms with van der Waals surface area (Å²) in [6.45, 7) is 3.71. The molecule has 3 heteroatoms. The summed E-state index contributed by atoms with van der Waals surface area (Å²) in [5, 5.41) is 0. The fraction of sp³-hybridized carbons (Fsp3) is 0.500. The lowest BCUT2D eigenvalue weighted by molar-refractivity contribution is 0.486. The van der Waals surface area contributed by atoms with Crippen LogP contribution in [0.3, 0.4) is 0 Å². The van der Waals surface area contributed by atoms with Crippen LogP contribution in [0.2, 0.25) is 0 Å². The number of hydrogen-bond acceptors (Lipinski definition) is 2. The number of hydrogen-bond donors (Lipinski definition) is 1. The van der Waals surface area contributed by atoms with Crippen molar-refractivity contribution in [3.8, 4) is 0 Å². The van der Waals surface area contributed by atoms with Gasteiger partial charge in [0.15, 0.2) is 0 Å². The Balaban J connectivity index is 2.39. The summed E-state index contributed by atoms with van der Waals surface area (Å²) in [5.41, 5.74) is 7.93. The number of rotatable bonds is 2. The van der Waals surface area contributed by atoms with Gasteiger partial charge in [-0.25, -0.2) is 4.39 Å². The van der Waals surface area contributed by atoms with Crippen molar-refractivity contribution >= 4 is 5.69 Å². The highest BCUT2D eigenvalue weighted by atomic mass is 19.1. The zero-order valence-electron chi connectivity index (χ0n) is 9.20. The fourth-order valence-electron chi connectivity index (χ4n) is 2.31. The van der Waals surface area contributed by atoms with E-state index in [1.54, 1.807) is 6.07 Å². The minimum absolute atomic E-state index is 0.154. The van der Waals surface area contributed by atoms with Gasteiger partial charge in [0.1, 0.15) is 5.82 Å². The summed E-state index contributed by atoms with van der Waals surface area (Å²) in [4.78, 5) is 2.17. The average Bonchev–Trinajstić information content (AvgIpc) is 2.54. The molecule has 82 valence electrons. The maximum Gasteiger partial charge on any atom is 0.123 e. The first-order valence-corrected chi connectivity index (χ1v) is 5.34. The van der Waals surface area contributed by atoms with Crippen molar-refractivity contribution in [1.29, 1.82) is 0 Å². The topological polar surface area (TPSA) is 29.3 Å². The Bertz CT molecular complexity index is 365. The molecule has 0 amide bonds. The summed E-state index contributed by atoms with van der Waals surface area (Å²) in [6, 6.07) is 5.02. The van der Waals surface area contributed by atoms with Gasteiger partial charge in [-0.15, -0.1) is 0 Å². The van der Waals surface area contributed by atoms with Crippen LogP contribution in [0.5, 0.6) is 0 Å². The lowest BCUT2D eigenvalue weighted by atomic mass is 9.89. The second kappa shape index (κ2) is 3.81. The zero-order valence-corrected chi connectivity index (χ0v) is 9.20. The van der Waals surface area contributed by atoms with E-state index in [0.29, 0.717) is 18.4 Å². The minimum Gasteiger partial charge on any atom is -0.374 e. The van der Waals surface area contributed by atoms with E-state index in [-0.39, 0.29) is 5.82 Å². The third kappa shape index (κ3) is 1.72. The second-order valence-electron chi connectivity index (χ2n) is 4.40. The van der Waals surface area contributed by atoms with E-state index in [0.717, 1.165) is 17.8 Å². The molecule has 1 aromatic carbocycles. The third-order valence-electron chi connectivity index (χ3n) is 3.33. The average molecular weight is 208 g/mol. The van der Waals surface area contributed by atoms with Gasteiger partial charge in [-0.2, -0.15) is 0 Å². The lowest BCUT2D eigenvalue weighted by Gasteiger charge is -2.18. The van der Waals surface area contributed by atoms with Crippen molar-refractivity contribution in [2.75, 3.05) is 25.0 Å². The number of fused-ring (bicyclic) bond motifs is 1. The van der Waals surface area contributed by atoms with E-state index < -0.39 is 0 Å². The number of halogens is 1. The molecule has 1 aliphatic heterocycles. The van der Waals surface area contributed by atoms with Crippen LogP contribution in [-0.4, -0.2) is 20.1 Å². The van der Waals surface area contributed by atoms with Crippen LogP contribution in [0.1, 0.15) is 18.4 Å². The summed E-state index contributed by atoms with van der Waals surface area (Å²) in [7, 11) is 2.04. The molecular weight excluding hydrogens is 191 g/mol. The summed E-state index contributed by atoms with van der Waals surface area (Å²) < 4.78 is 13.2. The molecule has 0 fully saturated rings. The van der Waals surface area contributed by atoms with E-state index in [1.807, 2.05) is 13.1 Å². The summed E-state index contributed by atoms with van der Waals surface area (Å²) >= 11 is 0. The van der Waals surface area contributed by atoms with E-state index >= 15 is 0 Å². The molecule has 0 radical (unpaired) electrons. The van der Waals surface area contributed by atoms with Crippen molar-refractivity contribution < 1.29 is 4.39 Å². The van der Waals surface area contributed by atoms with Crippen molar-refractivity contribution in [1.82, 2.24) is 0 Å². The molecule has 0 saturated carbocycles. The van der Waals surface area contributed by atoms with Crippen LogP contribution in [0, 0.1) is 11.7 Å². The lowest BCUT2D eigenvalue weighted by Crippen LogP contribution is -2.23. The van der Waals surface area contributed by atoms with Gasteiger partial charge < -0.3 is 10.6 Å². The van der Waals surface area contributed by atoms with Gasteiger partial charge in [0.25, 0.3) is 0 Å². The predicted molar refractivity (Wildman–Crippen MR) is 60.6 cm³/mol. The van der Waals surface area contributed by atoms with E-state index in [9.17, 15) is 4.39 Å². The Hall–Kier alpha value is -1.09. The molecule has 0 saturated heterocycles. The number of benzene rings is 1. The summed E-state index contributed by atoms with van der Waals surface area (Å²) in [5.74, 6) is 0.611. The Kier molecular flexibility index (Phi) is 2.65. The standard InChI is InChI=1S/C12H17FN2/c1-8(6-14)11-7-15(2)12-4-3-9(13)5-10(11)12/h3-5,8,11H,6-7,14H2,1-2H3. The third-order valence-corrected chi connectivity index (χ3v) is 3.33. The highest BCUT2D eigenvalue weighted by Gasteiger charge is 2.30. The SMILES string of the molecule is CC(CN)C1CN(C)c2ccc(F)cc21. The van der Waals surface area contributed by atoms with E-state index in [4.69, 9.17) is 5.73 Å². The van der Waals surface area contributed by atoms with Crippen LogP contribution in [-0.2, 0) is 0 Å². The predicted octanol–water partition coefficient (Wildman–Crippen LogP) is 1.95. The Morgan fingerprint density at radius 1 is 1.60 bits per heavy atom. The monoisotopic (exact) mass is 208 g/mol. The second-order valence-corrected chi connectivity index (χ2v) is 4.40. The van der Waals surface area contributed by atoms with Crippen molar-refractivity contribution in [2.45, 2.75) is 12.8 Å². The van der Waals surface area contributed by atoms with Crippen molar-refractivity contribution in [3.05, 3.63) is 29.6 Å². The molecule has 0 aliphatic carbocycles. The molecule has 1 aromatic rings. The van der Waals surface area contributed by atoms with Gasteiger partial charge in [-0.3, -0.25) is 0 Å². The number of likely N-dealkylation sites (N-methyl/N-ethyl adjacent to an activating group) is 1. The van der Waals surface area contributed by atoms with Gasteiger partial charge in [0, 0.05) is 25.2 Å². The normalized spacial score (nSPS) is 21.6. The smallest absolute Gasteiger partial charge is 0.123 e. The van der Waals surface area contributed by atoms with Crippen LogP contribution in [0.15, 0.2) is 18.2 Å². The minimum atomic E-state index is -0.154. The van der Waals surface area contributed by atoms with Crippen molar-refractivity contribution in [2.24, 2.45) is 11.7 Å². The van der Waals surface area contributed by atoms with Crippen LogP contribution in [0.4, 0.5) is 10.1 Å². The molecule has 1 aliphatic rings. The first-order chi connectivity index (χ1) is 7.13. The van der Waals surface area contributed by atoms with Gasteiger partial charge in [-0.1, -0.05) is 6.92 Å². The Morgan fingerprint density at radius 3 is 3.00 bits per heavy atom. The molecule has 0 bridgehead atoms. The van der Waals surface area contributed by atoms with Gasteiger partial charge >= 0.3 is 0 Å². The van der Waals surface area contributed by atoms with E-state index in [2.05, 4.69) is 11.8 Å². The molecule has 2 unspecified atom stereocenters. The Labute approximate surface area is 89.9 Å². The maximum atomic E-state index is 13.2. The molecule has 2 rings (SSSR count). The van der Waals surface area contributed by atoms with Crippen LogP contribution < -0.4 is 10.6 Å². The molecule has 15 heavy (non-hydrogen) atoms. The zero-order chi connectivity index (χ0) is 11.0. The van der Waals surface area contributed by atoms with Gasteiger partial charge in [0.2, 0.25) is 0 Å². The van der Waals surface area contributed by atoms with Gasteiger partial charge in [-0.05, 0) is 36.2 Å².